The maximum atomic E-state index is 3.56. The molecule has 0 spiro atoms. The number of anilines is 1. The molecule has 2 aliphatic rings. The predicted molar refractivity (Wildman–Crippen MR) is 85.2 cm³/mol. The Kier molecular flexibility index (Phi) is 4.13. The van der Waals surface area contributed by atoms with Crippen molar-refractivity contribution < 1.29 is 0 Å². The van der Waals surface area contributed by atoms with Gasteiger partial charge < -0.3 is 4.90 Å². The first-order valence-corrected chi connectivity index (χ1v) is 8.54. The zero-order valence-electron chi connectivity index (χ0n) is 11.7. The van der Waals surface area contributed by atoms with Crippen molar-refractivity contribution in [3.8, 4) is 0 Å². The summed E-state index contributed by atoms with van der Waals surface area (Å²) in [5.41, 5.74) is 4.22. The van der Waals surface area contributed by atoms with Crippen LogP contribution < -0.4 is 4.90 Å². The second kappa shape index (κ2) is 5.84. The SMILES string of the molecule is Cc1cc(N2CCCN3CCCC3C2)ccc1CBr. The molecular weight excluding hydrogens is 300 g/mol. The van der Waals surface area contributed by atoms with Gasteiger partial charge in [0.15, 0.2) is 0 Å². The van der Waals surface area contributed by atoms with Gasteiger partial charge in [0.2, 0.25) is 0 Å². The van der Waals surface area contributed by atoms with Gasteiger partial charge in [-0.1, -0.05) is 22.0 Å². The van der Waals surface area contributed by atoms with Gasteiger partial charge in [-0.3, -0.25) is 4.90 Å². The van der Waals surface area contributed by atoms with Gasteiger partial charge in [0.1, 0.15) is 0 Å². The Balaban J connectivity index is 1.79. The molecule has 3 heteroatoms. The van der Waals surface area contributed by atoms with E-state index in [4.69, 9.17) is 0 Å². The maximum Gasteiger partial charge on any atom is 0.0369 e. The first-order chi connectivity index (χ1) is 9.28. The van der Waals surface area contributed by atoms with Crippen molar-refractivity contribution in [1.29, 1.82) is 0 Å². The first-order valence-electron chi connectivity index (χ1n) is 7.42. The number of halogens is 1. The van der Waals surface area contributed by atoms with E-state index in [1.807, 2.05) is 0 Å². The van der Waals surface area contributed by atoms with Crippen LogP contribution in [0.5, 0.6) is 0 Å². The van der Waals surface area contributed by atoms with Crippen molar-refractivity contribution in [3.63, 3.8) is 0 Å². The lowest BCUT2D eigenvalue weighted by Gasteiger charge is -2.27. The third-order valence-electron chi connectivity index (χ3n) is 4.64. The molecule has 2 nitrogen and oxygen atoms in total. The smallest absolute Gasteiger partial charge is 0.0369 e. The Morgan fingerprint density at radius 3 is 2.84 bits per heavy atom. The number of hydrogen-bond acceptors (Lipinski definition) is 2. The van der Waals surface area contributed by atoms with Crippen molar-refractivity contribution in [2.24, 2.45) is 0 Å². The van der Waals surface area contributed by atoms with Crippen LogP contribution in [0, 0.1) is 6.92 Å². The molecule has 19 heavy (non-hydrogen) atoms. The molecule has 2 saturated heterocycles. The van der Waals surface area contributed by atoms with Crippen LogP contribution >= 0.6 is 15.9 Å². The molecule has 0 aliphatic carbocycles. The minimum absolute atomic E-state index is 0.790. The lowest BCUT2D eigenvalue weighted by atomic mass is 10.1. The molecule has 0 bridgehead atoms. The molecule has 2 fully saturated rings. The Hall–Kier alpha value is -0.540. The molecular formula is C16H23BrN2. The molecule has 1 unspecified atom stereocenters. The summed E-state index contributed by atoms with van der Waals surface area (Å²) < 4.78 is 0. The standard InChI is InChI=1S/C16H23BrN2/c1-13-10-15(6-5-14(13)11-17)19-9-3-8-18-7-2-4-16(18)12-19/h5-6,10,16H,2-4,7-9,11-12H2,1H3. The lowest BCUT2D eigenvalue weighted by molar-refractivity contribution is 0.273. The van der Waals surface area contributed by atoms with Gasteiger partial charge in [-0.2, -0.15) is 0 Å². The highest BCUT2D eigenvalue weighted by Gasteiger charge is 2.28. The van der Waals surface area contributed by atoms with Gasteiger partial charge in [-0.25, -0.2) is 0 Å². The molecule has 0 N–H and O–H groups in total. The van der Waals surface area contributed by atoms with E-state index in [1.165, 1.54) is 62.3 Å². The molecule has 1 aromatic carbocycles. The van der Waals surface area contributed by atoms with Crippen molar-refractivity contribution in [2.75, 3.05) is 31.1 Å². The number of hydrogen-bond donors (Lipinski definition) is 0. The van der Waals surface area contributed by atoms with Gasteiger partial charge in [-0.05, 0) is 56.0 Å². The highest BCUT2D eigenvalue weighted by atomic mass is 79.9. The number of nitrogens with zero attached hydrogens (tertiary/aromatic N) is 2. The van der Waals surface area contributed by atoms with Crippen LogP contribution in [0.2, 0.25) is 0 Å². The fraction of sp³-hybridized carbons (Fsp3) is 0.625. The second-order valence-electron chi connectivity index (χ2n) is 5.88. The Morgan fingerprint density at radius 1 is 1.21 bits per heavy atom. The average molecular weight is 323 g/mol. The summed E-state index contributed by atoms with van der Waals surface area (Å²) in [5, 5.41) is 0.954. The molecule has 2 aliphatic heterocycles. The largest absolute Gasteiger partial charge is 0.370 e. The highest BCUT2D eigenvalue weighted by molar-refractivity contribution is 9.08. The molecule has 104 valence electrons. The van der Waals surface area contributed by atoms with E-state index in [2.05, 4.69) is 50.9 Å². The number of alkyl halides is 1. The summed E-state index contributed by atoms with van der Waals surface area (Å²) in [4.78, 5) is 5.29. The number of rotatable bonds is 2. The van der Waals surface area contributed by atoms with Crippen LogP contribution in [0.25, 0.3) is 0 Å². The van der Waals surface area contributed by atoms with Gasteiger partial charge in [0.05, 0.1) is 0 Å². The minimum Gasteiger partial charge on any atom is -0.370 e. The van der Waals surface area contributed by atoms with Crippen LogP contribution in [0.3, 0.4) is 0 Å². The maximum absolute atomic E-state index is 3.56. The quantitative estimate of drug-likeness (QED) is 0.768. The molecule has 0 aromatic heterocycles. The number of aryl methyl sites for hydroxylation is 1. The fourth-order valence-corrected chi connectivity index (χ4v) is 4.10. The third kappa shape index (κ3) is 2.82. The Labute approximate surface area is 124 Å². The van der Waals surface area contributed by atoms with Crippen LogP contribution in [0.1, 0.15) is 30.4 Å². The van der Waals surface area contributed by atoms with Gasteiger partial charge in [-0.15, -0.1) is 0 Å². The van der Waals surface area contributed by atoms with E-state index in [0.717, 1.165) is 11.4 Å². The summed E-state index contributed by atoms with van der Waals surface area (Å²) in [6, 6.07) is 7.73. The van der Waals surface area contributed by atoms with Crippen LogP contribution in [0.15, 0.2) is 18.2 Å². The van der Waals surface area contributed by atoms with Crippen LogP contribution in [-0.4, -0.2) is 37.1 Å². The Morgan fingerprint density at radius 2 is 2.05 bits per heavy atom. The predicted octanol–water partition coefficient (Wildman–Crippen LogP) is 3.56. The molecule has 1 aromatic rings. The summed E-state index contributed by atoms with van der Waals surface area (Å²) in [7, 11) is 0. The van der Waals surface area contributed by atoms with Crippen molar-refractivity contribution in [2.45, 2.75) is 37.6 Å². The molecule has 2 heterocycles. The zero-order valence-corrected chi connectivity index (χ0v) is 13.3. The monoisotopic (exact) mass is 322 g/mol. The molecule has 3 rings (SSSR count). The lowest BCUT2D eigenvalue weighted by Crippen LogP contribution is -2.36. The van der Waals surface area contributed by atoms with E-state index in [0.29, 0.717) is 0 Å². The van der Waals surface area contributed by atoms with E-state index in [9.17, 15) is 0 Å². The van der Waals surface area contributed by atoms with Crippen molar-refractivity contribution in [3.05, 3.63) is 29.3 Å². The topological polar surface area (TPSA) is 6.48 Å². The molecule has 0 radical (unpaired) electrons. The molecule has 0 saturated carbocycles. The van der Waals surface area contributed by atoms with E-state index in [-0.39, 0.29) is 0 Å². The molecule has 1 atom stereocenters. The van der Waals surface area contributed by atoms with Gasteiger partial charge in [0.25, 0.3) is 0 Å². The fourth-order valence-electron chi connectivity index (χ4n) is 3.47. The van der Waals surface area contributed by atoms with Crippen molar-refractivity contribution in [1.82, 2.24) is 4.90 Å². The van der Waals surface area contributed by atoms with E-state index < -0.39 is 0 Å². The van der Waals surface area contributed by atoms with Gasteiger partial charge in [0, 0.05) is 36.7 Å². The van der Waals surface area contributed by atoms with Crippen LogP contribution in [0.4, 0.5) is 5.69 Å². The summed E-state index contributed by atoms with van der Waals surface area (Å²) in [6.07, 6.45) is 4.07. The number of fused-ring (bicyclic) bond motifs is 1. The zero-order chi connectivity index (χ0) is 13.2. The van der Waals surface area contributed by atoms with E-state index >= 15 is 0 Å². The summed E-state index contributed by atoms with van der Waals surface area (Å²) in [5.74, 6) is 0. The van der Waals surface area contributed by atoms with Crippen LogP contribution in [-0.2, 0) is 5.33 Å². The third-order valence-corrected chi connectivity index (χ3v) is 5.24. The van der Waals surface area contributed by atoms with Crippen molar-refractivity contribution >= 4 is 21.6 Å². The van der Waals surface area contributed by atoms with Gasteiger partial charge >= 0.3 is 0 Å². The minimum atomic E-state index is 0.790. The Bertz CT molecular complexity index is 446. The average Bonchev–Trinajstić information content (AvgIpc) is 2.76. The summed E-state index contributed by atoms with van der Waals surface area (Å²) >= 11 is 3.56. The van der Waals surface area contributed by atoms with E-state index in [1.54, 1.807) is 0 Å². The first kappa shape index (κ1) is 13.4. The summed E-state index contributed by atoms with van der Waals surface area (Å²) in [6.45, 7) is 7.26. The second-order valence-corrected chi connectivity index (χ2v) is 6.44. The molecule has 0 amide bonds. The highest BCUT2D eigenvalue weighted by Crippen LogP contribution is 2.26. The normalized spacial score (nSPS) is 24.3. The number of benzene rings is 1.